The Morgan fingerprint density at radius 3 is 2.95 bits per heavy atom. The fourth-order valence-corrected chi connectivity index (χ4v) is 2.20. The molecule has 1 fully saturated rings. The highest BCUT2D eigenvalue weighted by atomic mass is 16.5. The lowest BCUT2D eigenvalue weighted by atomic mass is 10.1. The highest BCUT2D eigenvalue weighted by Gasteiger charge is 2.31. The Morgan fingerprint density at radius 2 is 2.26 bits per heavy atom. The van der Waals surface area contributed by atoms with Crippen molar-refractivity contribution in [2.45, 2.75) is 26.0 Å². The number of phenols is 1. The number of amides is 1. The van der Waals surface area contributed by atoms with Gasteiger partial charge in [0, 0.05) is 6.54 Å². The van der Waals surface area contributed by atoms with Crippen LogP contribution in [0.4, 0.5) is 0 Å². The fourth-order valence-electron chi connectivity index (χ4n) is 2.20. The summed E-state index contributed by atoms with van der Waals surface area (Å²) in [6, 6.07) is 5.04. The summed E-state index contributed by atoms with van der Waals surface area (Å²) in [7, 11) is 0. The van der Waals surface area contributed by atoms with E-state index in [4.69, 9.17) is 9.84 Å². The molecule has 0 spiro atoms. The van der Waals surface area contributed by atoms with E-state index < -0.39 is 0 Å². The minimum atomic E-state index is -0.355. The molecule has 104 valence electrons. The Labute approximate surface area is 112 Å². The van der Waals surface area contributed by atoms with Crippen LogP contribution in [0.2, 0.25) is 0 Å². The van der Waals surface area contributed by atoms with Crippen molar-refractivity contribution < 1.29 is 19.7 Å². The second kappa shape index (κ2) is 5.59. The number of morpholine rings is 1. The first kappa shape index (κ1) is 13.8. The lowest BCUT2D eigenvalue weighted by Crippen LogP contribution is -2.52. The monoisotopic (exact) mass is 265 g/mol. The molecular formula is C14H19NO4. The first-order valence-electron chi connectivity index (χ1n) is 6.36. The Morgan fingerprint density at radius 1 is 1.53 bits per heavy atom. The van der Waals surface area contributed by atoms with Crippen molar-refractivity contribution in [3.63, 3.8) is 0 Å². The van der Waals surface area contributed by atoms with E-state index in [0.717, 1.165) is 0 Å². The molecule has 1 amide bonds. The molecule has 1 aliphatic rings. The number of phenolic OH excluding ortho intramolecular Hbond substituents is 1. The number of aromatic hydroxyl groups is 1. The zero-order valence-corrected chi connectivity index (χ0v) is 11.2. The van der Waals surface area contributed by atoms with E-state index in [1.165, 1.54) is 0 Å². The number of para-hydroxylation sites is 1. The third kappa shape index (κ3) is 2.72. The van der Waals surface area contributed by atoms with Gasteiger partial charge >= 0.3 is 0 Å². The smallest absolute Gasteiger partial charge is 0.258 e. The molecule has 19 heavy (non-hydrogen) atoms. The van der Waals surface area contributed by atoms with Gasteiger partial charge < -0.3 is 19.8 Å². The van der Waals surface area contributed by atoms with Gasteiger partial charge in [0.15, 0.2) is 0 Å². The van der Waals surface area contributed by atoms with E-state index in [1.54, 1.807) is 30.0 Å². The number of carbonyl (C=O) groups is 1. The van der Waals surface area contributed by atoms with E-state index in [1.807, 2.05) is 6.92 Å². The molecule has 1 aromatic carbocycles. The Kier molecular flexibility index (Phi) is 4.07. The van der Waals surface area contributed by atoms with Crippen molar-refractivity contribution >= 4 is 5.91 Å². The molecule has 1 aromatic rings. The maximum Gasteiger partial charge on any atom is 0.258 e. The molecule has 2 N–H and O–H groups in total. The first-order valence-corrected chi connectivity index (χ1v) is 6.36. The van der Waals surface area contributed by atoms with Crippen molar-refractivity contribution in [2.24, 2.45) is 0 Å². The van der Waals surface area contributed by atoms with Crippen molar-refractivity contribution in [1.82, 2.24) is 4.90 Å². The van der Waals surface area contributed by atoms with Crippen LogP contribution in [0, 0.1) is 6.92 Å². The van der Waals surface area contributed by atoms with Gasteiger partial charge in [-0.1, -0.05) is 12.1 Å². The number of nitrogens with zero attached hydrogens (tertiary/aromatic N) is 1. The molecule has 1 heterocycles. The van der Waals surface area contributed by atoms with Crippen LogP contribution in [0.5, 0.6) is 5.75 Å². The molecule has 5 nitrogen and oxygen atoms in total. The van der Waals surface area contributed by atoms with Gasteiger partial charge in [-0.05, 0) is 25.5 Å². The van der Waals surface area contributed by atoms with Crippen molar-refractivity contribution in [3.05, 3.63) is 29.3 Å². The van der Waals surface area contributed by atoms with E-state index in [0.29, 0.717) is 24.3 Å². The number of aryl methyl sites for hydroxylation is 1. The summed E-state index contributed by atoms with van der Waals surface area (Å²) in [6.07, 6.45) is -0.355. The van der Waals surface area contributed by atoms with Crippen LogP contribution in [-0.2, 0) is 4.74 Å². The van der Waals surface area contributed by atoms with E-state index >= 15 is 0 Å². The quantitative estimate of drug-likeness (QED) is 0.834. The molecule has 0 aromatic heterocycles. The number of hydrogen-bond acceptors (Lipinski definition) is 4. The summed E-state index contributed by atoms with van der Waals surface area (Å²) < 4.78 is 5.40. The molecular weight excluding hydrogens is 246 g/mol. The predicted molar refractivity (Wildman–Crippen MR) is 70.2 cm³/mol. The third-order valence-corrected chi connectivity index (χ3v) is 3.44. The highest BCUT2D eigenvalue weighted by Crippen LogP contribution is 2.25. The summed E-state index contributed by atoms with van der Waals surface area (Å²) in [5, 5.41) is 19.1. The number of hydrogen-bond donors (Lipinski definition) is 2. The van der Waals surface area contributed by atoms with Crippen molar-refractivity contribution in [1.29, 1.82) is 0 Å². The van der Waals surface area contributed by atoms with Crippen LogP contribution in [0.1, 0.15) is 22.8 Å². The van der Waals surface area contributed by atoms with Crippen LogP contribution in [0.15, 0.2) is 18.2 Å². The molecule has 2 rings (SSSR count). The number of rotatable bonds is 2. The minimum absolute atomic E-state index is 0.0201. The van der Waals surface area contributed by atoms with Crippen LogP contribution < -0.4 is 0 Å². The van der Waals surface area contributed by atoms with Gasteiger partial charge in [0.2, 0.25) is 0 Å². The lowest BCUT2D eigenvalue weighted by molar-refractivity contribution is -0.0667. The summed E-state index contributed by atoms with van der Waals surface area (Å²) in [5.41, 5.74) is 0.968. The molecule has 1 saturated heterocycles. The van der Waals surface area contributed by atoms with E-state index in [9.17, 15) is 9.90 Å². The van der Waals surface area contributed by atoms with E-state index in [2.05, 4.69) is 0 Å². The zero-order chi connectivity index (χ0) is 14.0. The van der Waals surface area contributed by atoms with E-state index in [-0.39, 0.29) is 30.4 Å². The maximum atomic E-state index is 12.5. The molecule has 2 atom stereocenters. The number of aliphatic hydroxyl groups excluding tert-OH is 1. The highest BCUT2D eigenvalue weighted by molar-refractivity contribution is 5.97. The molecule has 0 radical (unpaired) electrons. The summed E-state index contributed by atoms with van der Waals surface area (Å²) in [5.74, 6) is -0.206. The Balaban J connectivity index is 2.24. The average molecular weight is 265 g/mol. The fraction of sp³-hybridized carbons (Fsp3) is 0.500. The third-order valence-electron chi connectivity index (χ3n) is 3.44. The summed E-state index contributed by atoms with van der Waals surface area (Å²) in [4.78, 5) is 14.1. The molecule has 0 bridgehead atoms. The lowest BCUT2D eigenvalue weighted by Gasteiger charge is -2.37. The largest absolute Gasteiger partial charge is 0.507 e. The normalized spacial score (nSPS) is 23.4. The van der Waals surface area contributed by atoms with Gasteiger partial charge in [0.25, 0.3) is 5.91 Å². The first-order chi connectivity index (χ1) is 9.04. The number of ether oxygens (including phenoxy) is 1. The number of carbonyl (C=O) groups excluding carboxylic acids is 1. The standard InChI is InChI=1S/C14H19NO4/c1-9-4-3-5-12(13(9)17)14(18)15-6-11(7-16)19-8-10(15)2/h3-5,10-11,16-17H,6-8H2,1-2H3. The Bertz CT molecular complexity index is 475. The van der Waals surface area contributed by atoms with Gasteiger partial charge in [-0.25, -0.2) is 0 Å². The second-order valence-electron chi connectivity index (χ2n) is 4.92. The van der Waals surface area contributed by atoms with Gasteiger partial charge in [-0.3, -0.25) is 4.79 Å². The predicted octanol–water partition coefficient (Wildman–Crippen LogP) is 0.922. The molecule has 1 aliphatic heterocycles. The number of benzene rings is 1. The van der Waals surface area contributed by atoms with Crippen LogP contribution in [-0.4, -0.2) is 52.9 Å². The summed E-state index contributed by atoms with van der Waals surface area (Å²) >= 11 is 0. The van der Waals surface area contributed by atoms with Gasteiger partial charge in [0.1, 0.15) is 5.75 Å². The van der Waals surface area contributed by atoms with Gasteiger partial charge in [-0.2, -0.15) is 0 Å². The van der Waals surface area contributed by atoms with Crippen LogP contribution in [0.3, 0.4) is 0 Å². The SMILES string of the molecule is Cc1cccc(C(=O)N2CC(CO)OCC2C)c1O. The second-order valence-corrected chi connectivity index (χ2v) is 4.92. The van der Waals surface area contributed by atoms with Gasteiger partial charge in [0.05, 0.1) is 30.9 Å². The summed E-state index contributed by atoms with van der Waals surface area (Å²) in [6.45, 7) is 4.26. The minimum Gasteiger partial charge on any atom is -0.507 e. The molecule has 5 heteroatoms. The number of aliphatic hydroxyl groups is 1. The topological polar surface area (TPSA) is 70.0 Å². The zero-order valence-electron chi connectivity index (χ0n) is 11.2. The van der Waals surface area contributed by atoms with Crippen molar-refractivity contribution in [2.75, 3.05) is 19.8 Å². The van der Waals surface area contributed by atoms with Crippen LogP contribution in [0.25, 0.3) is 0 Å². The molecule has 0 aliphatic carbocycles. The average Bonchev–Trinajstić information content (AvgIpc) is 2.42. The van der Waals surface area contributed by atoms with Gasteiger partial charge in [-0.15, -0.1) is 0 Å². The van der Waals surface area contributed by atoms with Crippen molar-refractivity contribution in [3.8, 4) is 5.75 Å². The molecule has 0 saturated carbocycles. The Hall–Kier alpha value is -1.59. The molecule has 2 unspecified atom stereocenters. The van der Waals surface area contributed by atoms with Crippen LogP contribution >= 0.6 is 0 Å². The maximum absolute atomic E-state index is 12.5.